The third-order valence-corrected chi connectivity index (χ3v) is 3.99. The molecule has 4 N–H and O–H groups in total. The van der Waals surface area contributed by atoms with E-state index in [2.05, 4.69) is 23.1 Å². The zero-order valence-electron chi connectivity index (χ0n) is 11.5. The van der Waals surface area contributed by atoms with Gasteiger partial charge in [0.05, 0.1) is 5.56 Å². The summed E-state index contributed by atoms with van der Waals surface area (Å²) in [5.41, 5.74) is 11.6. The van der Waals surface area contributed by atoms with Gasteiger partial charge in [-0.25, -0.2) is 4.39 Å². The van der Waals surface area contributed by atoms with Gasteiger partial charge in [0.25, 0.3) is 5.91 Å². The molecule has 0 aliphatic heterocycles. The number of amides is 1. The molecule has 22 heavy (non-hydrogen) atoms. The summed E-state index contributed by atoms with van der Waals surface area (Å²) in [7, 11) is 0. The van der Waals surface area contributed by atoms with Gasteiger partial charge < -0.3 is 5.73 Å². The summed E-state index contributed by atoms with van der Waals surface area (Å²) >= 11 is 6.13. The van der Waals surface area contributed by atoms with Gasteiger partial charge in [-0.3, -0.25) is 15.6 Å². The van der Waals surface area contributed by atoms with Gasteiger partial charge in [0.2, 0.25) is 0 Å². The Kier molecular flexibility index (Phi) is 5.74. The van der Waals surface area contributed by atoms with Gasteiger partial charge in [-0.15, -0.1) is 11.8 Å². The molecule has 0 saturated carbocycles. The zero-order valence-corrected chi connectivity index (χ0v) is 13.1. The number of thiocarbonyl (C=S) groups is 1. The maximum absolute atomic E-state index is 12.9. The van der Waals surface area contributed by atoms with E-state index in [1.54, 1.807) is 24.3 Å². The predicted octanol–water partition coefficient (Wildman–Crippen LogP) is 2.60. The Labute approximate surface area is 137 Å². The van der Waals surface area contributed by atoms with Crippen LogP contribution in [0.25, 0.3) is 0 Å². The highest BCUT2D eigenvalue weighted by molar-refractivity contribution is 7.98. The fraction of sp³-hybridized carbons (Fsp3) is 0.0667. The Morgan fingerprint density at radius 2 is 1.82 bits per heavy atom. The highest BCUT2D eigenvalue weighted by Gasteiger charge is 2.11. The van der Waals surface area contributed by atoms with Crippen molar-refractivity contribution < 1.29 is 9.18 Å². The second kappa shape index (κ2) is 7.77. The fourth-order valence-electron chi connectivity index (χ4n) is 1.71. The first kappa shape index (κ1) is 16.3. The van der Waals surface area contributed by atoms with Gasteiger partial charge in [-0.1, -0.05) is 24.3 Å². The third-order valence-electron chi connectivity index (χ3n) is 2.74. The number of thioether (sulfide) groups is 1. The average molecular weight is 335 g/mol. The molecular formula is C15H14FN3OS2. The quantitative estimate of drug-likeness (QED) is 0.455. The largest absolute Gasteiger partial charge is 0.375 e. The molecule has 0 saturated heterocycles. The Morgan fingerprint density at radius 3 is 2.50 bits per heavy atom. The molecule has 0 radical (unpaired) electrons. The second-order valence-electron chi connectivity index (χ2n) is 4.35. The molecule has 1 amide bonds. The van der Waals surface area contributed by atoms with Crippen LogP contribution in [0.1, 0.15) is 15.9 Å². The van der Waals surface area contributed by atoms with E-state index in [0.29, 0.717) is 11.3 Å². The average Bonchev–Trinajstić information content (AvgIpc) is 2.52. The molecule has 0 heterocycles. The molecule has 2 aromatic rings. The molecule has 0 bridgehead atoms. The number of nitrogens with one attached hydrogen (secondary N) is 2. The lowest BCUT2D eigenvalue weighted by Gasteiger charge is -2.10. The van der Waals surface area contributed by atoms with Crippen molar-refractivity contribution in [3.05, 3.63) is 65.5 Å². The summed E-state index contributed by atoms with van der Waals surface area (Å²) in [5.74, 6) is 0.0418. The minimum atomic E-state index is -0.324. The Balaban J connectivity index is 2.06. The van der Waals surface area contributed by atoms with E-state index >= 15 is 0 Å². The van der Waals surface area contributed by atoms with E-state index in [0.717, 1.165) is 10.5 Å². The highest BCUT2D eigenvalue weighted by atomic mass is 32.2. The van der Waals surface area contributed by atoms with Crippen molar-refractivity contribution in [1.82, 2.24) is 10.9 Å². The normalized spacial score (nSPS) is 10.0. The minimum Gasteiger partial charge on any atom is -0.375 e. The molecule has 0 atom stereocenters. The summed E-state index contributed by atoms with van der Waals surface area (Å²) in [6, 6.07) is 13.5. The van der Waals surface area contributed by atoms with Gasteiger partial charge in [0, 0.05) is 10.6 Å². The lowest BCUT2D eigenvalue weighted by Crippen LogP contribution is -2.44. The molecule has 0 unspecified atom stereocenters. The molecule has 0 aliphatic rings. The van der Waals surface area contributed by atoms with Crippen molar-refractivity contribution >= 4 is 35.0 Å². The van der Waals surface area contributed by atoms with Crippen LogP contribution in [0.3, 0.4) is 0 Å². The van der Waals surface area contributed by atoms with Gasteiger partial charge in [-0.05, 0) is 42.0 Å². The second-order valence-corrected chi connectivity index (χ2v) is 5.81. The molecule has 114 valence electrons. The van der Waals surface area contributed by atoms with Crippen LogP contribution in [0.15, 0.2) is 53.4 Å². The first-order chi connectivity index (χ1) is 10.6. The smallest absolute Gasteiger partial charge is 0.270 e. The molecule has 0 spiro atoms. The summed E-state index contributed by atoms with van der Waals surface area (Å²) < 4.78 is 12.9. The number of carbonyl (C=O) groups excluding carboxylic acids is 1. The van der Waals surface area contributed by atoms with Crippen LogP contribution < -0.4 is 16.6 Å². The molecule has 4 nitrogen and oxygen atoms in total. The summed E-state index contributed by atoms with van der Waals surface area (Å²) in [6.45, 7) is 0. The SMILES string of the molecule is NC(=S)NNC(=O)c1ccccc1SCc1ccc(F)cc1. The number of hydrogen-bond donors (Lipinski definition) is 3. The molecule has 0 fully saturated rings. The van der Waals surface area contributed by atoms with Crippen LogP contribution in [0, 0.1) is 5.82 Å². The van der Waals surface area contributed by atoms with Crippen LogP contribution in [0.2, 0.25) is 0 Å². The van der Waals surface area contributed by atoms with E-state index in [4.69, 9.17) is 5.73 Å². The Morgan fingerprint density at radius 1 is 1.14 bits per heavy atom. The summed E-state index contributed by atoms with van der Waals surface area (Å²) in [6.07, 6.45) is 0. The standard InChI is InChI=1S/C15H14FN3OS2/c16-11-7-5-10(6-8-11)9-22-13-4-2-1-3-12(13)14(20)18-19-15(17)21/h1-8H,9H2,(H,18,20)(H3,17,19,21). The Bertz CT molecular complexity index is 677. The van der Waals surface area contributed by atoms with Crippen molar-refractivity contribution in [3.8, 4) is 0 Å². The number of carbonyl (C=O) groups is 1. The lowest BCUT2D eigenvalue weighted by molar-refractivity contribution is 0.0941. The van der Waals surface area contributed by atoms with Crippen molar-refractivity contribution in [1.29, 1.82) is 0 Å². The topological polar surface area (TPSA) is 67.2 Å². The van der Waals surface area contributed by atoms with Crippen molar-refractivity contribution in [2.75, 3.05) is 0 Å². The number of rotatable bonds is 4. The predicted molar refractivity (Wildman–Crippen MR) is 89.8 cm³/mol. The van der Waals surface area contributed by atoms with Crippen molar-refractivity contribution in [2.45, 2.75) is 10.6 Å². The maximum Gasteiger partial charge on any atom is 0.270 e. The summed E-state index contributed by atoms with van der Waals surface area (Å²) in [5, 5.41) is -0.00945. The van der Waals surface area contributed by atoms with E-state index in [-0.39, 0.29) is 16.8 Å². The van der Waals surface area contributed by atoms with Crippen molar-refractivity contribution in [3.63, 3.8) is 0 Å². The van der Waals surface area contributed by atoms with Gasteiger partial charge in [-0.2, -0.15) is 0 Å². The van der Waals surface area contributed by atoms with E-state index < -0.39 is 0 Å². The van der Waals surface area contributed by atoms with Crippen LogP contribution in [-0.4, -0.2) is 11.0 Å². The van der Waals surface area contributed by atoms with Crippen LogP contribution >= 0.6 is 24.0 Å². The molecular weight excluding hydrogens is 321 g/mol. The van der Waals surface area contributed by atoms with Crippen LogP contribution in [-0.2, 0) is 5.75 Å². The first-order valence-electron chi connectivity index (χ1n) is 6.38. The molecule has 2 rings (SSSR count). The minimum absolute atomic E-state index is 0.00945. The molecule has 0 aromatic heterocycles. The van der Waals surface area contributed by atoms with Crippen molar-refractivity contribution in [2.24, 2.45) is 5.73 Å². The van der Waals surface area contributed by atoms with E-state index in [1.165, 1.54) is 23.9 Å². The molecule has 2 aromatic carbocycles. The fourth-order valence-corrected chi connectivity index (χ4v) is 2.76. The number of halogens is 1. The van der Waals surface area contributed by atoms with Gasteiger partial charge in [0.15, 0.2) is 5.11 Å². The third kappa shape index (κ3) is 4.71. The first-order valence-corrected chi connectivity index (χ1v) is 7.77. The highest BCUT2D eigenvalue weighted by Crippen LogP contribution is 2.26. The van der Waals surface area contributed by atoms with Gasteiger partial charge in [0.1, 0.15) is 5.82 Å². The number of nitrogens with two attached hydrogens (primary N) is 1. The maximum atomic E-state index is 12.9. The zero-order chi connectivity index (χ0) is 15.9. The van der Waals surface area contributed by atoms with Crippen LogP contribution in [0.4, 0.5) is 4.39 Å². The number of benzene rings is 2. The number of hydrogen-bond acceptors (Lipinski definition) is 3. The monoisotopic (exact) mass is 335 g/mol. The lowest BCUT2D eigenvalue weighted by atomic mass is 10.2. The van der Waals surface area contributed by atoms with Gasteiger partial charge >= 0.3 is 0 Å². The Hall–Kier alpha value is -2.12. The number of hydrazine groups is 1. The van der Waals surface area contributed by atoms with E-state index in [9.17, 15) is 9.18 Å². The molecule has 0 aliphatic carbocycles. The van der Waals surface area contributed by atoms with E-state index in [1.807, 2.05) is 12.1 Å². The van der Waals surface area contributed by atoms with Crippen LogP contribution in [0.5, 0.6) is 0 Å². The summed E-state index contributed by atoms with van der Waals surface area (Å²) in [4.78, 5) is 12.9. The molecule has 7 heteroatoms.